The number of halogens is 1. The van der Waals surface area contributed by atoms with E-state index in [1.165, 1.54) is 0 Å². The highest BCUT2D eigenvalue weighted by Crippen LogP contribution is 2.31. The van der Waals surface area contributed by atoms with Crippen molar-refractivity contribution in [2.24, 2.45) is 0 Å². The fraction of sp³-hybridized carbons (Fsp3) is 0.0667. The van der Waals surface area contributed by atoms with Gasteiger partial charge in [-0.15, -0.1) is 11.3 Å². The van der Waals surface area contributed by atoms with Crippen LogP contribution in [0.1, 0.15) is 5.56 Å². The van der Waals surface area contributed by atoms with Crippen molar-refractivity contribution in [1.82, 2.24) is 4.98 Å². The van der Waals surface area contributed by atoms with E-state index in [1.54, 1.807) is 11.3 Å². The summed E-state index contributed by atoms with van der Waals surface area (Å²) in [7, 11) is 0. The topological polar surface area (TPSA) is 50.2 Å². The van der Waals surface area contributed by atoms with Crippen LogP contribution in [0.2, 0.25) is 5.02 Å². The molecule has 5 heteroatoms. The summed E-state index contributed by atoms with van der Waals surface area (Å²) in [5, 5.41) is 10.4. The third-order valence-corrected chi connectivity index (χ3v) is 4.22. The van der Waals surface area contributed by atoms with Gasteiger partial charge in [0.25, 0.3) is 0 Å². The minimum absolute atomic E-state index is 0.0319. The van der Waals surface area contributed by atoms with Gasteiger partial charge in [0, 0.05) is 10.6 Å². The zero-order valence-electron chi connectivity index (χ0n) is 10.3. The molecule has 20 heavy (non-hydrogen) atoms. The number of carboxylic acid groups (broad SMARTS) is 1. The number of fused-ring (bicyclic) bond motifs is 1. The number of aliphatic carboxylic acids is 1. The van der Waals surface area contributed by atoms with E-state index in [2.05, 4.69) is 4.98 Å². The van der Waals surface area contributed by atoms with Crippen LogP contribution in [0.5, 0.6) is 0 Å². The summed E-state index contributed by atoms with van der Waals surface area (Å²) in [5.41, 5.74) is 2.68. The van der Waals surface area contributed by atoms with Crippen LogP contribution < -0.4 is 0 Å². The number of carbonyl (C=O) groups is 1. The highest BCUT2D eigenvalue weighted by molar-refractivity contribution is 7.21. The van der Waals surface area contributed by atoms with E-state index in [1.807, 2.05) is 42.5 Å². The average molecular weight is 304 g/mol. The maximum absolute atomic E-state index is 10.7. The molecular weight excluding hydrogens is 294 g/mol. The average Bonchev–Trinajstić information content (AvgIpc) is 2.81. The lowest BCUT2D eigenvalue weighted by Gasteiger charge is -1.95. The minimum atomic E-state index is -0.827. The second-order valence-corrected chi connectivity index (χ2v) is 5.87. The third kappa shape index (κ3) is 2.66. The molecule has 0 amide bonds. The smallest absolute Gasteiger partial charge is 0.307 e. The molecule has 0 saturated carbocycles. The minimum Gasteiger partial charge on any atom is -0.481 e. The Morgan fingerprint density at radius 2 is 1.95 bits per heavy atom. The van der Waals surface area contributed by atoms with Crippen LogP contribution in [-0.2, 0) is 11.2 Å². The quantitative estimate of drug-likeness (QED) is 0.787. The molecule has 100 valence electrons. The molecule has 1 heterocycles. The molecule has 3 aromatic rings. The molecule has 3 nitrogen and oxygen atoms in total. The van der Waals surface area contributed by atoms with Crippen LogP contribution in [0.25, 0.3) is 20.8 Å². The maximum Gasteiger partial charge on any atom is 0.307 e. The van der Waals surface area contributed by atoms with Crippen molar-refractivity contribution in [1.29, 1.82) is 0 Å². The van der Waals surface area contributed by atoms with E-state index >= 15 is 0 Å². The summed E-state index contributed by atoms with van der Waals surface area (Å²) in [6.07, 6.45) is 0.0319. The van der Waals surface area contributed by atoms with Crippen molar-refractivity contribution < 1.29 is 9.90 Å². The standard InChI is InChI=1S/C15H10ClNO2S/c16-11-4-2-10(3-5-11)15-17-12-6-1-9(8-14(18)19)7-13(12)20-15/h1-7H,8H2,(H,18,19). The summed E-state index contributed by atoms with van der Waals surface area (Å²) < 4.78 is 0.994. The van der Waals surface area contributed by atoms with Crippen molar-refractivity contribution in [3.8, 4) is 10.6 Å². The molecule has 2 aromatic carbocycles. The highest BCUT2D eigenvalue weighted by atomic mass is 35.5. The first-order valence-electron chi connectivity index (χ1n) is 5.99. The van der Waals surface area contributed by atoms with Crippen LogP contribution in [0.4, 0.5) is 0 Å². The van der Waals surface area contributed by atoms with Gasteiger partial charge in [-0.25, -0.2) is 4.98 Å². The monoisotopic (exact) mass is 303 g/mol. The van der Waals surface area contributed by atoms with Gasteiger partial charge < -0.3 is 5.11 Å². The molecule has 0 radical (unpaired) electrons. The lowest BCUT2D eigenvalue weighted by atomic mass is 10.1. The predicted octanol–water partition coefficient (Wildman–Crippen LogP) is 4.24. The van der Waals surface area contributed by atoms with Crippen LogP contribution in [0.3, 0.4) is 0 Å². The Morgan fingerprint density at radius 1 is 1.20 bits per heavy atom. The first-order chi connectivity index (χ1) is 9.61. The Labute approximate surface area is 124 Å². The first-order valence-corrected chi connectivity index (χ1v) is 7.18. The Balaban J connectivity index is 2.01. The molecular formula is C15H10ClNO2S. The van der Waals surface area contributed by atoms with Gasteiger partial charge in [-0.1, -0.05) is 29.8 Å². The van der Waals surface area contributed by atoms with E-state index in [-0.39, 0.29) is 6.42 Å². The highest BCUT2D eigenvalue weighted by Gasteiger charge is 2.08. The molecule has 3 rings (SSSR count). The van der Waals surface area contributed by atoms with E-state index < -0.39 is 5.97 Å². The number of hydrogen-bond acceptors (Lipinski definition) is 3. The summed E-state index contributed by atoms with van der Waals surface area (Å²) >= 11 is 7.42. The molecule has 0 aliphatic rings. The molecule has 0 fully saturated rings. The van der Waals surface area contributed by atoms with Gasteiger partial charge in [-0.05, 0) is 29.8 Å². The zero-order chi connectivity index (χ0) is 14.1. The van der Waals surface area contributed by atoms with Gasteiger partial charge in [0.15, 0.2) is 0 Å². The Hall–Kier alpha value is -1.91. The van der Waals surface area contributed by atoms with E-state index in [4.69, 9.17) is 16.7 Å². The molecule has 0 aliphatic heterocycles. The number of carboxylic acids is 1. The third-order valence-electron chi connectivity index (χ3n) is 2.90. The van der Waals surface area contributed by atoms with Crippen LogP contribution >= 0.6 is 22.9 Å². The van der Waals surface area contributed by atoms with E-state index in [0.29, 0.717) is 5.02 Å². The summed E-state index contributed by atoms with van der Waals surface area (Å²) in [5.74, 6) is -0.827. The predicted molar refractivity (Wildman–Crippen MR) is 81.4 cm³/mol. The van der Waals surface area contributed by atoms with Crippen molar-refractivity contribution >= 4 is 39.1 Å². The fourth-order valence-corrected chi connectivity index (χ4v) is 3.13. The fourth-order valence-electron chi connectivity index (χ4n) is 1.97. The SMILES string of the molecule is O=C(O)Cc1ccc2nc(-c3ccc(Cl)cc3)sc2c1. The second kappa shape index (κ2) is 5.23. The van der Waals surface area contributed by atoms with E-state index in [9.17, 15) is 4.79 Å². The Kier molecular flexibility index (Phi) is 3.42. The number of nitrogens with zero attached hydrogens (tertiary/aromatic N) is 1. The Morgan fingerprint density at radius 3 is 2.65 bits per heavy atom. The van der Waals surface area contributed by atoms with Crippen LogP contribution in [-0.4, -0.2) is 16.1 Å². The van der Waals surface area contributed by atoms with Crippen LogP contribution in [0, 0.1) is 0 Å². The lowest BCUT2D eigenvalue weighted by molar-refractivity contribution is -0.136. The van der Waals surface area contributed by atoms with Gasteiger partial charge in [0.2, 0.25) is 0 Å². The molecule has 0 atom stereocenters. The lowest BCUT2D eigenvalue weighted by Crippen LogP contribution is -1.99. The maximum atomic E-state index is 10.7. The van der Waals surface area contributed by atoms with Crippen molar-refractivity contribution in [2.45, 2.75) is 6.42 Å². The summed E-state index contributed by atoms with van der Waals surface area (Å²) in [6, 6.07) is 13.1. The normalized spacial score (nSPS) is 10.8. The van der Waals surface area contributed by atoms with Crippen molar-refractivity contribution in [2.75, 3.05) is 0 Å². The van der Waals surface area contributed by atoms with Gasteiger partial charge in [0.05, 0.1) is 16.6 Å². The Bertz CT molecular complexity index is 780. The second-order valence-electron chi connectivity index (χ2n) is 4.40. The number of rotatable bonds is 3. The molecule has 1 N–H and O–H groups in total. The number of aromatic nitrogens is 1. The van der Waals surface area contributed by atoms with Crippen LogP contribution in [0.15, 0.2) is 42.5 Å². The molecule has 0 saturated heterocycles. The molecule has 0 spiro atoms. The van der Waals surface area contributed by atoms with Gasteiger partial charge >= 0.3 is 5.97 Å². The zero-order valence-corrected chi connectivity index (χ0v) is 11.9. The van der Waals surface area contributed by atoms with Crippen molar-refractivity contribution in [3.63, 3.8) is 0 Å². The molecule has 0 unspecified atom stereocenters. The van der Waals surface area contributed by atoms with E-state index in [0.717, 1.165) is 26.4 Å². The first kappa shape index (κ1) is 13.1. The number of benzene rings is 2. The van der Waals surface area contributed by atoms with Gasteiger partial charge in [-0.3, -0.25) is 4.79 Å². The summed E-state index contributed by atoms with van der Waals surface area (Å²) in [6.45, 7) is 0. The summed E-state index contributed by atoms with van der Waals surface area (Å²) in [4.78, 5) is 15.3. The number of hydrogen-bond donors (Lipinski definition) is 1. The van der Waals surface area contributed by atoms with Gasteiger partial charge in [0.1, 0.15) is 5.01 Å². The van der Waals surface area contributed by atoms with Crippen molar-refractivity contribution in [3.05, 3.63) is 53.1 Å². The molecule has 1 aromatic heterocycles. The number of thiazole rings is 1. The molecule has 0 bridgehead atoms. The largest absolute Gasteiger partial charge is 0.481 e. The molecule has 0 aliphatic carbocycles. The van der Waals surface area contributed by atoms with Gasteiger partial charge in [-0.2, -0.15) is 0 Å².